The van der Waals surface area contributed by atoms with E-state index in [0.717, 1.165) is 11.1 Å². The highest BCUT2D eigenvalue weighted by Crippen LogP contribution is 2.29. The summed E-state index contributed by atoms with van der Waals surface area (Å²) < 4.78 is 28.0. The van der Waals surface area contributed by atoms with E-state index in [1.165, 1.54) is 4.57 Å². The molecule has 0 fully saturated rings. The van der Waals surface area contributed by atoms with Gasteiger partial charge in [0, 0.05) is 30.4 Å². The second-order valence-electron chi connectivity index (χ2n) is 7.44. The molecule has 8 heteroatoms. The van der Waals surface area contributed by atoms with E-state index in [4.69, 9.17) is 0 Å². The van der Waals surface area contributed by atoms with Crippen LogP contribution in [0.1, 0.15) is 26.3 Å². The van der Waals surface area contributed by atoms with Crippen LogP contribution in [-0.2, 0) is 17.1 Å². The van der Waals surface area contributed by atoms with E-state index in [2.05, 4.69) is 14.7 Å². The number of nitrogens with one attached hydrogen (secondary N) is 1. The first-order valence-corrected chi connectivity index (χ1v) is 9.94. The van der Waals surface area contributed by atoms with Gasteiger partial charge in [0.2, 0.25) is 10.0 Å². The zero-order chi connectivity index (χ0) is 20.0. The maximum Gasteiger partial charge on any atom is 0.276 e. The van der Waals surface area contributed by atoms with Gasteiger partial charge in [-0.05, 0) is 45.4 Å². The summed E-state index contributed by atoms with van der Waals surface area (Å²) in [4.78, 5) is 21.1. The number of pyridine rings is 3. The zero-order valence-electron chi connectivity index (χ0n) is 15.9. The van der Waals surface area contributed by atoms with E-state index in [9.17, 15) is 13.2 Å². The number of nitrogens with zero attached hydrogens (tertiary/aromatic N) is 3. The molecular weight excluding hydrogens is 364 g/mol. The van der Waals surface area contributed by atoms with E-state index >= 15 is 0 Å². The predicted octanol–water partition coefficient (Wildman–Crippen LogP) is 2.84. The van der Waals surface area contributed by atoms with Crippen molar-refractivity contribution in [3.8, 4) is 11.3 Å². The summed E-state index contributed by atoms with van der Waals surface area (Å²) in [6.45, 7) is 6.75. The minimum absolute atomic E-state index is 0.198. The molecule has 0 amide bonds. The van der Waals surface area contributed by atoms with Crippen molar-refractivity contribution in [2.45, 2.75) is 32.4 Å². The molecule has 3 rings (SSSR count). The molecule has 142 valence electrons. The number of rotatable bonds is 3. The summed E-state index contributed by atoms with van der Waals surface area (Å²) in [5.41, 5.74) is 2.32. The van der Waals surface area contributed by atoms with Crippen LogP contribution >= 0.6 is 0 Å². The molecule has 0 bridgehead atoms. The molecule has 3 aromatic heterocycles. The van der Waals surface area contributed by atoms with E-state index in [1.807, 2.05) is 13.0 Å². The molecule has 0 aromatic carbocycles. The molecule has 0 aliphatic rings. The molecular formula is C19H22N4O3S. The number of anilines is 1. The van der Waals surface area contributed by atoms with Gasteiger partial charge in [-0.25, -0.2) is 13.4 Å². The van der Waals surface area contributed by atoms with Gasteiger partial charge < -0.3 is 4.57 Å². The lowest BCUT2D eigenvalue weighted by Crippen LogP contribution is -2.34. The van der Waals surface area contributed by atoms with Crippen LogP contribution in [0.2, 0.25) is 0 Å². The first-order valence-electron chi connectivity index (χ1n) is 8.46. The topological polar surface area (TPSA) is 94.0 Å². The highest BCUT2D eigenvalue weighted by atomic mass is 32.2. The Morgan fingerprint density at radius 1 is 1.15 bits per heavy atom. The van der Waals surface area contributed by atoms with E-state index < -0.39 is 14.8 Å². The number of hydrogen-bond donors (Lipinski definition) is 1. The fourth-order valence-corrected chi connectivity index (χ4v) is 3.31. The Hall–Kier alpha value is -2.74. The average molecular weight is 386 g/mol. The van der Waals surface area contributed by atoms with Gasteiger partial charge in [0.1, 0.15) is 11.3 Å². The average Bonchev–Trinajstić information content (AvgIpc) is 2.59. The third kappa shape index (κ3) is 3.44. The first-order chi connectivity index (χ1) is 12.5. The van der Waals surface area contributed by atoms with Gasteiger partial charge in [-0.15, -0.1) is 0 Å². The molecule has 0 aliphatic heterocycles. The third-order valence-electron chi connectivity index (χ3n) is 4.34. The molecule has 7 nitrogen and oxygen atoms in total. The molecule has 0 unspecified atom stereocenters. The lowest BCUT2D eigenvalue weighted by Gasteiger charge is -2.20. The molecule has 0 aliphatic carbocycles. The van der Waals surface area contributed by atoms with Crippen molar-refractivity contribution in [3.63, 3.8) is 0 Å². The van der Waals surface area contributed by atoms with Crippen molar-refractivity contribution < 1.29 is 8.42 Å². The van der Waals surface area contributed by atoms with Gasteiger partial charge in [0.05, 0.1) is 10.4 Å². The molecule has 27 heavy (non-hydrogen) atoms. The second kappa shape index (κ2) is 6.45. The van der Waals surface area contributed by atoms with Gasteiger partial charge in [-0.1, -0.05) is 12.1 Å². The van der Waals surface area contributed by atoms with Gasteiger partial charge in [0.15, 0.2) is 0 Å². The fourth-order valence-electron chi connectivity index (χ4n) is 2.62. The van der Waals surface area contributed by atoms with E-state index in [0.29, 0.717) is 16.6 Å². The van der Waals surface area contributed by atoms with Crippen LogP contribution in [0.5, 0.6) is 0 Å². The summed E-state index contributed by atoms with van der Waals surface area (Å²) in [6.07, 6.45) is 3.27. The van der Waals surface area contributed by atoms with Gasteiger partial charge in [-0.3, -0.25) is 14.5 Å². The molecule has 1 N–H and O–H groups in total. The standard InChI is InChI=1S/C19H22N4O3S/c1-12-8-9-15(22-27(25,26)19(2,3)4)21-16(12)14-11-23(5)18(24)17-13(14)7-6-10-20-17/h6-11H,1-5H3,(H,21,22). The molecule has 3 aromatic rings. The number of aryl methyl sites for hydroxylation is 2. The largest absolute Gasteiger partial charge is 0.316 e. The smallest absolute Gasteiger partial charge is 0.276 e. The van der Waals surface area contributed by atoms with Gasteiger partial charge in [0.25, 0.3) is 5.56 Å². The molecule has 0 atom stereocenters. The van der Waals surface area contributed by atoms with E-state index in [-0.39, 0.29) is 11.4 Å². The monoisotopic (exact) mass is 386 g/mol. The zero-order valence-corrected chi connectivity index (χ0v) is 16.8. The maximum absolute atomic E-state index is 12.5. The fraction of sp³-hybridized carbons (Fsp3) is 0.316. The molecule has 0 spiro atoms. The maximum atomic E-state index is 12.5. The Morgan fingerprint density at radius 3 is 2.52 bits per heavy atom. The summed E-state index contributed by atoms with van der Waals surface area (Å²) in [5.74, 6) is 0.233. The van der Waals surface area contributed by atoms with Crippen LogP contribution in [-0.4, -0.2) is 27.7 Å². The Balaban J connectivity index is 2.21. The summed E-state index contributed by atoms with van der Waals surface area (Å²) in [5, 5.41) is 0.673. The molecule has 0 radical (unpaired) electrons. The summed E-state index contributed by atoms with van der Waals surface area (Å²) >= 11 is 0. The predicted molar refractivity (Wildman–Crippen MR) is 107 cm³/mol. The molecule has 3 heterocycles. The van der Waals surface area contributed by atoms with Crippen molar-refractivity contribution >= 4 is 26.7 Å². The lowest BCUT2D eigenvalue weighted by molar-refractivity contribution is 0.566. The van der Waals surface area contributed by atoms with Crippen molar-refractivity contribution in [3.05, 3.63) is 52.6 Å². The normalized spacial score (nSPS) is 12.3. The lowest BCUT2D eigenvalue weighted by atomic mass is 10.0. The number of aromatic nitrogens is 3. The highest BCUT2D eigenvalue weighted by Gasteiger charge is 2.29. The quantitative estimate of drug-likeness (QED) is 0.747. The summed E-state index contributed by atoms with van der Waals surface area (Å²) in [6, 6.07) is 7.00. The van der Waals surface area contributed by atoms with Crippen LogP contribution in [0, 0.1) is 6.92 Å². The SMILES string of the molecule is Cc1ccc(NS(=O)(=O)C(C)(C)C)nc1-c1cn(C)c(=O)c2ncccc12. The number of fused-ring (bicyclic) bond motifs is 1. The Morgan fingerprint density at radius 2 is 1.85 bits per heavy atom. The van der Waals surface area contributed by atoms with Crippen molar-refractivity contribution in [2.75, 3.05) is 4.72 Å². The van der Waals surface area contributed by atoms with Crippen LogP contribution in [0.4, 0.5) is 5.82 Å². The van der Waals surface area contributed by atoms with Crippen molar-refractivity contribution in [1.29, 1.82) is 0 Å². The number of sulfonamides is 1. The Kier molecular flexibility index (Phi) is 4.55. The highest BCUT2D eigenvalue weighted by molar-refractivity contribution is 7.94. The molecule has 0 saturated heterocycles. The van der Waals surface area contributed by atoms with Crippen LogP contribution in [0.25, 0.3) is 22.2 Å². The summed E-state index contributed by atoms with van der Waals surface area (Å²) in [7, 11) is -1.95. The third-order valence-corrected chi connectivity index (χ3v) is 6.43. The Labute approximate surface area is 158 Å². The van der Waals surface area contributed by atoms with E-state index in [1.54, 1.807) is 58.4 Å². The van der Waals surface area contributed by atoms with Gasteiger partial charge >= 0.3 is 0 Å². The van der Waals surface area contributed by atoms with Gasteiger partial charge in [-0.2, -0.15) is 0 Å². The number of hydrogen-bond acceptors (Lipinski definition) is 5. The Bertz CT molecular complexity index is 1190. The van der Waals surface area contributed by atoms with Crippen molar-refractivity contribution in [2.24, 2.45) is 7.05 Å². The molecule has 0 saturated carbocycles. The van der Waals surface area contributed by atoms with Crippen LogP contribution in [0.15, 0.2) is 41.5 Å². The first kappa shape index (κ1) is 19.0. The minimum Gasteiger partial charge on any atom is -0.316 e. The van der Waals surface area contributed by atoms with Crippen LogP contribution in [0.3, 0.4) is 0 Å². The minimum atomic E-state index is -3.60. The second-order valence-corrected chi connectivity index (χ2v) is 9.87. The van der Waals surface area contributed by atoms with Crippen LogP contribution < -0.4 is 10.3 Å². The van der Waals surface area contributed by atoms with Crippen molar-refractivity contribution in [1.82, 2.24) is 14.5 Å².